The summed E-state index contributed by atoms with van der Waals surface area (Å²) in [6.07, 6.45) is 4.17. The van der Waals surface area contributed by atoms with E-state index in [0.29, 0.717) is 32.0 Å². The lowest BCUT2D eigenvalue weighted by Crippen LogP contribution is -2.51. The monoisotopic (exact) mass is 423 g/mol. The predicted molar refractivity (Wildman–Crippen MR) is 119 cm³/mol. The first-order chi connectivity index (χ1) is 14.9. The highest BCUT2D eigenvalue weighted by molar-refractivity contribution is 5.89. The minimum absolute atomic E-state index is 0.0630. The summed E-state index contributed by atoms with van der Waals surface area (Å²) in [5, 5.41) is 0. The fourth-order valence-corrected chi connectivity index (χ4v) is 4.81. The molecule has 1 aromatic carbocycles. The number of piperazine rings is 1. The summed E-state index contributed by atoms with van der Waals surface area (Å²) in [7, 11) is 2.03. The van der Waals surface area contributed by atoms with Crippen LogP contribution in [0.3, 0.4) is 0 Å². The largest absolute Gasteiger partial charge is 0.342 e. The van der Waals surface area contributed by atoms with Gasteiger partial charge in [-0.3, -0.25) is 14.5 Å². The molecule has 2 aliphatic heterocycles. The van der Waals surface area contributed by atoms with Gasteiger partial charge in [0.15, 0.2) is 0 Å². The van der Waals surface area contributed by atoms with Crippen LogP contribution in [0.15, 0.2) is 42.7 Å². The van der Waals surface area contributed by atoms with Crippen LogP contribution in [0.2, 0.25) is 0 Å². The van der Waals surface area contributed by atoms with Gasteiger partial charge < -0.3 is 14.4 Å². The Balaban J connectivity index is 1.42. The topological polar surface area (TPSA) is 61.7 Å². The lowest BCUT2D eigenvalue weighted by Gasteiger charge is -2.39. The molecule has 166 valence electrons. The second-order valence-electron chi connectivity index (χ2n) is 9.16. The number of hydrogen-bond donors (Lipinski definition) is 0. The van der Waals surface area contributed by atoms with E-state index in [1.165, 1.54) is 5.56 Å². The number of likely N-dealkylation sites (tertiary alicyclic amines) is 1. The average Bonchev–Trinajstić information content (AvgIpc) is 3.34. The Morgan fingerprint density at radius 3 is 2.45 bits per heavy atom. The Hall–Kier alpha value is -2.67. The summed E-state index contributed by atoms with van der Waals surface area (Å²) in [4.78, 5) is 36.3. The van der Waals surface area contributed by atoms with Crippen molar-refractivity contribution in [3.63, 3.8) is 0 Å². The smallest absolute Gasteiger partial charge is 0.228 e. The van der Waals surface area contributed by atoms with Crippen molar-refractivity contribution < 1.29 is 9.59 Å². The van der Waals surface area contributed by atoms with Crippen molar-refractivity contribution in [3.8, 4) is 0 Å². The zero-order valence-electron chi connectivity index (χ0n) is 18.8. The van der Waals surface area contributed by atoms with Crippen LogP contribution in [-0.2, 0) is 16.6 Å². The van der Waals surface area contributed by atoms with Crippen LogP contribution in [-0.4, -0.2) is 75.3 Å². The first-order valence-corrected chi connectivity index (χ1v) is 11.3. The lowest BCUT2D eigenvalue weighted by atomic mass is 10.0. The number of rotatable bonds is 6. The Kier molecular flexibility index (Phi) is 6.41. The van der Waals surface area contributed by atoms with Crippen LogP contribution in [0.5, 0.6) is 0 Å². The van der Waals surface area contributed by atoms with Crippen LogP contribution in [0, 0.1) is 11.8 Å². The quantitative estimate of drug-likeness (QED) is 0.714. The number of amides is 2. The third kappa shape index (κ3) is 4.66. The van der Waals surface area contributed by atoms with E-state index in [-0.39, 0.29) is 23.8 Å². The molecule has 4 rings (SSSR count). The molecular formula is C24H33N5O2. The maximum Gasteiger partial charge on any atom is 0.228 e. The Morgan fingerprint density at radius 1 is 1.13 bits per heavy atom. The summed E-state index contributed by atoms with van der Waals surface area (Å²) in [5.41, 5.74) is 1.21. The zero-order valence-corrected chi connectivity index (χ0v) is 18.8. The van der Waals surface area contributed by atoms with Gasteiger partial charge in [-0.1, -0.05) is 44.2 Å². The molecule has 0 bridgehead atoms. The summed E-state index contributed by atoms with van der Waals surface area (Å²) in [5.74, 6) is 1.48. The summed E-state index contributed by atoms with van der Waals surface area (Å²) < 4.78 is 2.07. The van der Waals surface area contributed by atoms with Gasteiger partial charge in [0.25, 0.3) is 0 Å². The second kappa shape index (κ2) is 9.22. The molecule has 2 amide bonds. The van der Waals surface area contributed by atoms with Gasteiger partial charge in [0.05, 0.1) is 12.0 Å². The Bertz CT molecular complexity index is 902. The Morgan fingerprint density at radius 2 is 1.84 bits per heavy atom. The summed E-state index contributed by atoms with van der Waals surface area (Å²) in [6.45, 7) is 8.44. The highest BCUT2D eigenvalue weighted by atomic mass is 16.2. The average molecular weight is 424 g/mol. The van der Waals surface area contributed by atoms with E-state index in [9.17, 15) is 9.59 Å². The van der Waals surface area contributed by atoms with Crippen molar-refractivity contribution in [1.82, 2.24) is 24.3 Å². The van der Waals surface area contributed by atoms with Gasteiger partial charge in [-0.2, -0.15) is 0 Å². The molecule has 7 nitrogen and oxygen atoms in total. The molecule has 1 aromatic heterocycles. The van der Waals surface area contributed by atoms with Crippen molar-refractivity contribution in [2.75, 3.05) is 39.3 Å². The van der Waals surface area contributed by atoms with Crippen LogP contribution in [0.4, 0.5) is 0 Å². The van der Waals surface area contributed by atoms with Crippen molar-refractivity contribution in [2.45, 2.75) is 26.3 Å². The van der Waals surface area contributed by atoms with Gasteiger partial charge in [0, 0.05) is 65.1 Å². The molecule has 0 spiro atoms. The molecule has 2 aliphatic rings. The SMILES string of the molecule is CC(C)CN1C[C@@H](C(=O)N2CCN([C@@H](c3ccccc3)c3nccn3C)CC2)CC1=O. The van der Waals surface area contributed by atoms with E-state index >= 15 is 0 Å². The first kappa shape index (κ1) is 21.6. The molecule has 2 saturated heterocycles. The number of imidazole rings is 1. The van der Waals surface area contributed by atoms with Crippen LogP contribution < -0.4 is 0 Å². The fraction of sp³-hybridized carbons (Fsp3) is 0.542. The van der Waals surface area contributed by atoms with Crippen molar-refractivity contribution in [3.05, 3.63) is 54.1 Å². The zero-order chi connectivity index (χ0) is 22.0. The fourth-order valence-electron chi connectivity index (χ4n) is 4.81. The van der Waals surface area contributed by atoms with Crippen LogP contribution in [0.25, 0.3) is 0 Å². The maximum atomic E-state index is 13.1. The van der Waals surface area contributed by atoms with Crippen molar-refractivity contribution in [1.29, 1.82) is 0 Å². The number of nitrogens with zero attached hydrogens (tertiary/aromatic N) is 5. The van der Waals surface area contributed by atoms with Gasteiger partial charge in [0.2, 0.25) is 11.8 Å². The molecule has 7 heteroatoms. The van der Waals surface area contributed by atoms with Gasteiger partial charge >= 0.3 is 0 Å². The van der Waals surface area contributed by atoms with Gasteiger partial charge in [-0.25, -0.2) is 4.98 Å². The number of aromatic nitrogens is 2. The lowest BCUT2D eigenvalue weighted by molar-refractivity contribution is -0.137. The standard InChI is InChI=1S/C24H33N5O2/c1-18(2)16-29-17-20(15-21(29)30)24(31)28-13-11-27(12-14-28)22(19-7-5-4-6-8-19)23-25-9-10-26(23)3/h4-10,18,20,22H,11-17H2,1-3H3/t20-,22-/m0/s1. The molecule has 2 atom stereocenters. The normalized spacial score (nSPS) is 21.2. The van der Waals surface area contributed by atoms with E-state index in [1.54, 1.807) is 0 Å². The molecule has 0 saturated carbocycles. The minimum atomic E-state index is -0.197. The van der Waals surface area contributed by atoms with Crippen molar-refractivity contribution in [2.24, 2.45) is 18.9 Å². The molecular weight excluding hydrogens is 390 g/mol. The van der Waals surface area contributed by atoms with Gasteiger partial charge in [-0.05, 0) is 11.5 Å². The van der Waals surface area contributed by atoms with E-state index in [4.69, 9.17) is 0 Å². The summed E-state index contributed by atoms with van der Waals surface area (Å²) >= 11 is 0. The molecule has 0 aliphatic carbocycles. The third-order valence-corrected chi connectivity index (χ3v) is 6.36. The minimum Gasteiger partial charge on any atom is -0.342 e. The van der Waals surface area contributed by atoms with Gasteiger partial charge in [0.1, 0.15) is 5.82 Å². The number of benzene rings is 1. The van der Waals surface area contributed by atoms with E-state index in [0.717, 1.165) is 25.5 Å². The van der Waals surface area contributed by atoms with E-state index < -0.39 is 0 Å². The number of aryl methyl sites for hydroxylation is 1. The van der Waals surface area contributed by atoms with E-state index in [2.05, 4.69) is 52.6 Å². The molecule has 31 heavy (non-hydrogen) atoms. The molecule has 3 heterocycles. The molecule has 2 fully saturated rings. The van der Waals surface area contributed by atoms with E-state index in [1.807, 2.05) is 35.3 Å². The van der Waals surface area contributed by atoms with Crippen LogP contribution in [0.1, 0.15) is 37.7 Å². The van der Waals surface area contributed by atoms with Crippen LogP contribution >= 0.6 is 0 Å². The number of carbonyl (C=O) groups is 2. The predicted octanol–water partition coefficient (Wildman–Crippen LogP) is 2.16. The number of hydrogen-bond acceptors (Lipinski definition) is 4. The second-order valence-corrected chi connectivity index (χ2v) is 9.16. The molecule has 0 N–H and O–H groups in total. The highest BCUT2D eigenvalue weighted by Gasteiger charge is 2.38. The first-order valence-electron chi connectivity index (χ1n) is 11.3. The highest BCUT2D eigenvalue weighted by Crippen LogP contribution is 2.29. The molecule has 0 unspecified atom stereocenters. The maximum absolute atomic E-state index is 13.1. The Labute approximate surface area is 184 Å². The third-order valence-electron chi connectivity index (χ3n) is 6.36. The molecule has 2 aromatic rings. The van der Waals surface area contributed by atoms with Crippen molar-refractivity contribution >= 4 is 11.8 Å². The van der Waals surface area contributed by atoms with Gasteiger partial charge in [-0.15, -0.1) is 0 Å². The molecule has 0 radical (unpaired) electrons. The number of carbonyl (C=O) groups excluding carboxylic acids is 2. The summed E-state index contributed by atoms with van der Waals surface area (Å²) in [6, 6.07) is 10.5.